The lowest BCUT2D eigenvalue weighted by Crippen LogP contribution is -2.11. The number of carbonyl (C=O) groups excluding carboxylic acids is 1. The minimum atomic E-state index is -4.53. The molecule has 0 atom stereocenters. The van der Waals surface area contributed by atoms with Gasteiger partial charge in [-0.3, -0.25) is 9.89 Å². The second-order valence-corrected chi connectivity index (χ2v) is 7.12. The Balaban J connectivity index is 1.49. The first-order valence-corrected chi connectivity index (χ1v) is 9.44. The molecule has 32 heavy (non-hydrogen) atoms. The first kappa shape index (κ1) is 19.6. The molecule has 0 aliphatic carbocycles. The number of carbonyl (C=O) groups is 1. The van der Waals surface area contributed by atoms with Crippen molar-refractivity contribution < 1.29 is 23.1 Å². The Morgan fingerprint density at radius 1 is 1.00 bits per heavy atom. The predicted octanol–water partition coefficient (Wildman–Crippen LogP) is 5.08. The van der Waals surface area contributed by atoms with Crippen molar-refractivity contribution in [1.29, 1.82) is 0 Å². The van der Waals surface area contributed by atoms with E-state index >= 15 is 0 Å². The van der Waals surface area contributed by atoms with Crippen molar-refractivity contribution in [1.82, 2.24) is 20.2 Å². The Morgan fingerprint density at radius 3 is 2.53 bits per heavy atom. The van der Waals surface area contributed by atoms with Gasteiger partial charge >= 0.3 is 6.18 Å². The topological polar surface area (TPSA) is 107 Å². The molecule has 0 bridgehead atoms. The zero-order valence-electron chi connectivity index (χ0n) is 16.2. The Bertz CT molecular complexity index is 1470. The van der Waals surface area contributed by atoms with Crippen molar-refractivity contribution >= 4 is 33.5 Å². The molecule has 0 saturated carbocycles. The van der Waals surface area contributed by atoms with E-state index in [0.717, 1.165) is 6.07 Å². The van der Waals surface area contributed by atoms with Crippen molar-refractivity contribution in [2.75, 3.05) is 5.32 Å². The molecule has 5 rings (SSSR count). The number of H-pyrrole nitrogens is 2. The number of phenolic OH excluding ortho intramolecular Hbond substituents is 1. The van der Waals surface area contributed by atoms with E-state index in [-0.39, 0.29) is 28.5 Å². The summed E-state index contributed by atoms with van der Waals surface area (Å²) in [5, 5.41) is 19.6. The highest BCUT2D eigenvalue weighted by Crippen LogP contribution is 2.35. The second-order valence-electron chi connectivity index (χ2n) is 7.12. The highest BCUT2D eigenvalue weighted by atomic mass is 19.4. The molecular weight excluding hydrogens is 423 g/mol. The van der Waals surface area contributed by atoms with Crippen molar-refractivity contribution in [3.8, 4) is 17.3 Å². The van der Waals surface area contributed by atoms with E-state index < -0.39 is 11.7 Å². The van der Waals surface area contributed by atoms with E-state index in [1.165, 1.54) is 24.3 Å². The molecular formula is C22H14F3N5O2. The highest BCUT2D eigenvalue weighted by Gasteiger charge is 2.34. The summed E-state index contributed by atoms with van der Waals surface area (Å²) in [5.74, 6) is -0.0982. The molecule has 7 nitrogen and oxygen atoms in total. The number of anilines is 1. The molecule has 1 amide bonds. The summed E-state index contributed by atoms with van der Waals surface area (Å²) in [4.78, 5) is 19.6. The molecule has 5 aromatic rings. The van der Waals surface area contributed by atoms with Crippen LogP contribution in [0.5, 0.6) is 5.75 Å². The fraction of sp³-hybridized carbons (Fsp3) is 0.0455. The zero-order chi connectivity index (χ0) is 22.5. The molecule has 4 N–H and O–H groups in total. The lowest BCUT2D eigenvalue weighted by Gasteiger charge is -2.06. The maximum absolute atomic E-state index is 13.3. The van der Waals surface area contributed by atoms with Gasteiger partial charge in [-0.2, -0.15) is 18.3 Å². The van der Waals surface area contributed by atoms with Crippen molar-refractivity contribution in [3.05, 3.63) is 71.8 Å². The number of aromatic amines is 2. The third-order valence-electron chi connectivity index (χ3n) is 4.99. The predicted molar refractivity (Wildman–Crippen MR) is 112 cm³/mol. The molecule has 0 unspecified atom stereocenters. The Morgan fingerprint density at radius 2 is 1.78 bits per heavy atom. The van der Waals surface area contributed by atoms with E-state index in [4.69, 9.17) is 0 Å². The van der Waals surface area contributed by atoms with E-state index in [0.29, 0.717) is 27.8 Å². The average molecular weight is 437 g/mol. The molecule has 2 aromatic heterocycles. The molecule has 0 radical (unpaired) electrons. The van der Waals surface area contributed by atoms with Crippen molar-refractivity contribution in [2.24, 2.45) is 0 Å². The van der Waals surface area contributed by atoms with Crippen LogP contribution in [0.3, 0.4) is 0 Å². The second kappa shape index (κ2) is 7.12. The van der Waals surface area contributed by atoms with Crippen LogP contribution in [-0.2, 0) is 6.18 Å². The summed E-state index contributed by atoms with van der Waals surface area (Å²) >= 11 is 0. The van der Waals surface area contributed by atoms with Crippen molar-refractivity contribution in [3.63, 3.8) is 0 Å². The van der Waals surface area contributed by atoms with Gasteiger partial charge in [-0.25, -0.2) is 4.98 Å². The molecule has 0 aliphatic rings. The first-order valence-electron chi connectivity index (χ1n) is 9.44. The van der Waals surface area contributed by atoms with E-state index in [2.05, 4.69) is 25.5 Å². The number of nitrogens with zero attached hydrogens (tertiary/aromatic N) is 2. The fourth-order valence-corrected chi connectivity index (χ4v) is 3.46. The van der Waals surface area contributed by atoms with Gasteiger partial charge in [0.2, 0.25) is 0 Å². The number of benzene rings is 3. The van der Waals surface area contributed by atoms with Gasteiger partial charge < -0.3 is 15.4 Å². The fourth-order valence-electron chi connectivity index (χ4n) is 3.46. The first-order chi connectivity index (χ1) is 15.3. The molecule has 10 heteroatoms. The molecule has 3 aromatic carbocycles. The lowest BCUT2D eigenvalue weighted by atomic mass is 10.1. The minimum absolute atomic E-state index is 0.0855. The van der Waals surface area contributed by atoms with E-state index in [1.54, 1.807) is 30.3 Å². The van der Waals surface area contributed by atoms with Gasteiger partial charge in [-0.05, 0) is 54.6 Å². The highest BCUT2D eigenvalue weighted by molar-refractivity contribution is 6.07. The number of imidazole rings is 1. The maximum atomic E-state index is 13.3. The van der Waals surface area contributed by atoms with Crippen molar-refractivity contribution in [2.45, 2.75) is 6.18 Å². The van der Waals surface area contributed by atoms with Crippen LogP contribution in [0, 0.1) is 0 Å². The molecule has 2 heterocycles. The number of para-hydroxylation sites is 1. The van der Waals surface area contributed by atoms with Crippen LogP contribution in [0.4, 0.5) is 18.9 Å². The SMILES string of the molecule is O=C(Nc1ccc(O)cc1)c1ccc2c(-c3nc4c(C(F)(F)F)cccc4[nH]3)n[nH]c2c1. The monoisotopic (exact) mass is 437 g/mol. The van der Waals surface area contributed by atoms with Gasteiger partial charge in [0.1, 0.15) is 17.0 Å². The van der Waals surface area contributed by atoms with Crippen LogP contribution in [0.25, 0.3) is 33.5 Å². The van der Waals surface area contributed by atoms with Gasteiger partial charge in [-0.15, -0.1) is 0 Å². The molecule has 160 valence electrons. The number of phenols is 1. The molecule has 0 saturated heterocycles. The van der Waals surface area contributed by atoms with Gasteiger partial charge in [0.25, 0.3) is 5.91 Å². The van der Waals surface area contributed by atoms with Crippen LogP contribution in [0.15, 0.2) is 60.7 Å². The van der Waals surface area contributed by atoms with Gasteiger partial charge in [-0.1, -0.05) is 6.07 Å². The zero-order valence-corrected chi connectivity index (χ0v) is 16.2. The summed E-state index contributed by atoms with van der Waals surface area (Å²) < 4.78 is 39.9. The van der Waals surface area contributed by atoms with Crippen LogP contribution in [0.2, 0.25) is 0 Å². The number of hydrogen-bond acceptors (Lipinski definition) is 4. The standard InChI is InChI=1S/C22H14F3N5O2/c23-22(24,25)15-2-1-3-16-19(15)28-20(27-16)18-14-9-4-11(10-17(14)29-30-18)21(32)26-12-5-7-13(31)8-6-12/h1-10,31H,(H,26,32)(H,27,28)(H,29,30). The van der Waals surface area contributed by atoms with Crippen LogP contribution in [-0.4, -0.2) is 31.2 Å². The Kier molecular flexibility index (Phi) is 4.36. The van der Waals surface area contributed by atoms with E-state index in [1.807, 2.05) is 0 Å². The average Bonchev–Trinajstić information content (AvgIpc) is 3.37. The molecule has 0 fully saturated rings. The lowest BCUT2D eigenvalue weighted by molar-refractivity contribution is -0.136. The third kappa shape index (κ3) is 3.41. The van der Waals surface area contributed by atoms with Gasteiger partial charge in [0.15, 0.2) is 5.82 Å². The molecule has 0 spiro atoms. The van der Waals surface area contributed by atoms with Gasteiger partial charge in [0.05, 0.1) is 16.6 Å². The number of halogens is 3. The van der Waals surface area contributed by atoms with E-state index in [9.17, 15) is 23.1 Å². The molecule has 0 aliphatic heterocycles. The number of aromatic hydroxyl groups is 1. The number of aromatic nitrogens is 4. The third-order valence-corrected chi connectivity index (χ3v) is 4.99. The number of alkyl halides is 3. The summed E-state index contributed by atoms with van der Waals surface area (Å²) in [6.07, 6.45) is -4.53. The number of fused-ring (bicyclic) bond motifs is 2. The smallest absolute Gasteiger partial charge is 0.418 e. The summed E-state index contributed by atoms with van der Waals surface area (Å²) in [7, 11) is 0. The normalized spacial score (nSPS) is 11.8. The summed E-state index contributed by atoms with van der Waals surface area (Å²) in [5.41, 5.74) is 0.966. The number of amides is 1. The Hall–Kier alpha value is -4.34. The number of hydrogen-bond donors (Lipinski definition) is 4. The Labute approximate surface area is 177 Å². The quantitative estimate of drug-likeness (QED) is 0.295. The summed E-state index contributed by atoms with van der Waals surface area (Å²) in [6.45, 7) is 0. The van der Waals surface area contributed by atoms with Crippen LogP contribution in [0.1, 0.15) is 15.9 Å². The maximum Gasteiger partial charge on any atom is 0.418 e. The largest absolute Gasteiger partial charge is 0.508 e. The number of rotatable bonds is 3. The van der Waals surface area contributed by atoms with Crippen LogP contribution < -0.4 is 5.32 Å². The number of nitrogens with one attached hydrogen (secondary N) is 3. The summed E-state index contributed by atoms with van der Waals surface area (Å²) in [6, 6.07) is 14.7. The minimum Gasteiger partial charge on any atom is -0.508 e. The van der Waals surface area contributed by atoms with Crippen LogP contribution >= 0.6 is 0 Å². The van der Waals surface area contributed by atoms with Gasteiger partial charge in [0, 0.05) is 16.6 Å².